The third-order valence-corrected chi connectivity index (χ3v) is 9.80. The third kappa shape index (κ3) is 9.00. The van der Waals surface area contributed by atoms with E-state index in [-0.39, 0.29) is 36.1 Å². The van der Waals surface area contributed by atoms with Gasteiger partial charge in [0.05, 0.1) is 13.5 Å². The summed E-state index contributed by atoms with van der Waals surface area (Å²) in [5.74, 6) is 0.140. The normalized spacial score (nSPS) is 19.9. The molecule has 2 aromatic rings. The summed E-state index contributed by atoms with van der Waals surface area (Å²) in [5.41, 5.74) is 1.95. The Bertz CT molecular complexity index is 1350. The summed E-state index contributed by atoms with van der Waals surface area (Å²) < 4.78 is 17.0. The summed E-state index contributed by atoms with van der Waals surface area (Å²) in [4.78, 5) is 58.4. The number of anilines is 1. The molecule has 5 amide bonds. The van der Waals surface area contributed by atoms with E-state index >= 15 is 0 Å². The molecular formula is C35H47FN6O5. The number of para-hydroxylation sites is 1. The van der Waals surface area contributed by atoms with Crippen LogP contribution in [0, 0.1) is 5.82 Å². The van der Waals surface area contributed by atoms with E-state index in [1.807, 2.05) is 34.1 Å². The topological polar surface area (TPSA) is 115 Å². The molecule has 3 saturated heterocycles. The van der Waals surface area contributed by atoms with Gasteiger partial charge in [-0.2, -0.15) is 0 Å². The summed E-state index contributed by atoms with van der Waals surface area (Å²) in [7, 11) is 1.55. The van der Waals surface area contributed by atoms with E-state index in [0.29, 0.717) is 63.8 Å². The van der Waals surface area contributed by atoms with E-state index < -0.39 is 6.04 Å². The van der Waals surface area contributed by atoms with Crippen LogP contribution in [-0.4, -0.2) is 108 Å². The Hall–Kier alpha value is -4.19. The highest BCUT2D eigenvalue weighted by atomic mass is 19.1. The minimum atomic E-state index is -0.839. The quantitative estimate of drug-likeness (QED) is 0.420. The van der Waals surface area contributed by atoms with Crippen molar-refractivity contribution >= 4 is 29.9 Å². The summed E-state index contributed by atoms with van der Waals surface area (Å²) in [5, 5.41) is 5.58. The number of benzene rings is 2. The molecule has 47 heavy (non-hydrogen) atoms. The SMILES string of the molecule is COc1ccc(F)cc1.O=CN[C@@H](CC(=O)N1CCC(N2Cc3ccccc3NC2=O)CC1)C(=O)N1CCC(N2CCCCC2)CC1. The first kappa shape index (κ1) is 34.2. The number of amides is 5. The summed E-state index contributed by atoms with van der Waals surface area (Å²) in [6, 6.07) is 13.3. The number of carbonyl (C=O) groups is 4. The fourth-order valence-corrected chi connectivity index (χ4v) is 7.07. The number of ether oxygens (including phenoxy) is 1. The van der Waals surface area contributed by atoms with E-state index in [2.05, 4.69) is 15.5 Å². The number of fused-ring (bicyclic) bond motifs is 1. The standard InChI is InChI=1S/C28H40N6O4.C7H7FO/c35-20-29-25(27(37)33-16-8-22(9-17-33)31-12-4-1-5-13-31)18-26(36)32-14-10-23(11-15-32)34-19-21-6-2-3-7-24(21)30-28(34)38;1-9-7-4-2-6(8)3-5-7/h2-3,6-7,20,22-23,25H,1,4-5,8-19H2,(H,29,35)(H,30,38);2-5H,1H3/t25-;/m0./s1. The molecule has 0 saturated carbocycles. The van der Waals surface area contributed by atoms with Gasteiger partial charge in [-0.25, -0.2) is 9.18 Å². The molecule has 4 heterocycles. The van der Waals surface area contributed by atoms with E-state index in [1.54, 1.807) is 24.1 Å². The van der Waals surface area contributed by atoms with Crippen molar-refractivity contribution in [2.45, 2.75) is 76.0 Å². The van der Waals surface area contributed by atoms with Crippen LogP contribution < -0.4 is 15.4 Å². The fraction of sp³-hybridized carbons (Fsp3) is 0.543. The maximum Gasteiger partial charge on any atom is 0.322 e. The second-order valence-corrected chi connectivity index (χ2v) is 12.7. The van der Waals surface area contributed by atoms with Crippen molar-refractivity contribution in [3.63, 3.8) is 0 Å². The molecule has 0 radical (unpaired) electrons. The van der Waals surface area contributed by atoms with Crippen molar-refractivity contribution in [2.24, 2.45) is 0 Å². The molecule has 2 aromatic carbocycles. The van der Waals surface area contributed by atoms with Crippen molar-refractivity contribution < 1.29 is 28.3 Å². The first-order valence-corrected chi connectivity index (χ1v) is 16.8. The first-order valence-electron chi connectivity index (χ1n) is 16.8. The van der Waals surface area contributed by atoms with Gasteiger partial charge in [-0.15, -0.1) is 0 Å². The highest BCUT2D eigenvalue weighted by Gasteiger charge is 2.35. The minimum Gasteiger partial charge on any atom is -0.497 e. The molecule has 4 aliphatic heterocycles. The van der Waals surface area contributed by atoms with Crippen LogP contribution in [0.3, 0.4) is 0 Å². The number of halogens is 1. The first-order chi connectivity index (χ1) is 22.9. The highest BCUT2D eigenvalue weighted by Crippen LogP contribution is 2.28. The van der Waals surface area contributed by atoms with E-state index in [1.165, 1.54) is 31.4 Å². The van der Waals surface area contributed by atoms with E-state index in [0.717, 1.165) is 37.2 Å². The van der Waals surface area contributed by atoms with Gasteiger partial charge in [0.1, 0.15) is 17.6 Å². The van der Waals surface area contributed by atoms with Gasteiger partial charge < -0.3 is 35.0 Å². The lowest BCUT2D eigenvalue weighted by Gasteiger charge is -2.41. The number of rotatable bonds is 8. The molecule has 12 heteroatoms. The van der Waals surface area contributed by atoms with Gasteiger partial charge in [-0.1, -0.05) is 24.6 Å². The van der Waals surface area contributed by atoms with E-state index in [4.69, 9.17) is 4.74 Å². The number of nitrogens with one attached hydrogen (secondary N) is 2. The Morgan fingerprint density at radius 2 is 1.55 bits per heavy atom. The summed E-state index contributed by atoms with van der Waals surface area (Å²) in [6.45, 7) is 5.24. The lowest BCUT2D eigenvalue weighted by Crippen LogP contribution is -2.54. The fourth-order valence-electron chi connectivity index (χ4n) is 7.07. The summed E-state index contributed by atoms with van der Waals surface area (Å²) >= 11 is 0. The molecule has 0 bridgehead atoms. The second-order valence-electron chi connectivity index (χ2n) is 12.7. The van der Waals surface area contributed by atoms with Crippen LogP contribution in [0.5, 0.6) is 5.75 Å². The molecule has 3 fully saturated rings. The van der Waals surface area contributed by atoms with E-state index in [9.17, 15) is 23.6 Å². The average Bonchev–Trinajstić information content (AvgIpc) is 3.12. The Labute approximate surface area is 276 Å². The maximum atomic E-state index is 13.3. The molecule has 0 aromatic heterocycles. The number of likely N-dealkylation sites (tertiary alicyclic amines) is 3. The van der Waals surface area contributed by atoms with Crippen LogP contribution in [0.15, 0.2) is 48.5 Å². The molecule has 0 aliphatic carbocycles. The van der Waals surface area contributed by atoms with Crippen LogP contribution in [0.2, 0.25) is 0 Å². The van der Waals surface area contributed by atoms with Gasteiger partial charge in [0.15, 0.2) is 0 Å². The third-order valence-electron chi connectivity index (χ3n) is 9.80. The Balaban J connectivity index is 0.000000417. The largest absolute Gasteiger partial charge is 0.497 e. The number of urea groups is 1. The molecule has 6 rings (SSSR count). The van der Waals surface area contributed by atoms with Crippen LogP contribution in [0.4, 0.5) is 14.9 Å². The van der Waals surface area contributed by atoms with Crippen LogP contribution >= 0.6 is 0 Å². The molecule has 2 N–H and O–H groups in total. The number of piperidine rings is 3. The molecule has 11 nitrogen and oxygen atoms in total. The number of nitrogens with zero attached hydrogens (tertiary/aromatic N) is 4. The minimum absolute atomic E-state index is 0.0358. The van der Waals surface area contributed by atoms with Crippen LogP contribution in [0.1, 0.15) is 56.9 Å². The number of hydrogen-bond acceptors (Lipinski definition) is 6. The van der Waals surface area contributed by atoms with Crippen molar-refractivity contribution in [2.75, 3.05) is 51.7 Å². The molecule has 1 atom stereocenters. The lowest BCUT2D eigenvalue weighted by molar-refractivity contribution is -0.141. The maximum absolute atomic E-state index is 13.3. The number of hydrogen-bond donors (Lipinski definition) is 2. The van der Waals surface area contributed by atoms with Gasteiger partial charge >= 0.3 is 6.03 Å². The predicted octanol–water partition coefficient (Wildman–Crippen LogP) is 3.84. The zero-order valence-electron chi connectivity index (χ0n) is 27.2. The van der Waals surface area contributed by atoms with Gasteiger partial charge in [-0.3, -0.25) is 14.4 Å². The van der Waals surface area contributed by atoms with Crippen molar-refractivity contribution in [1.82, 2.24) is 24.9 Å². The molecule has 0 unspecified atom stereocenters. The Kier molecular flexibility index (Phi) is 12.0. The van der Waals surface area contributed by atoms with Crippen molar-refractivity contribution in [1.29, 1.82) is 0 Å². The van der Waals surface area contributed by atoms with Crippen molar-refractivity contribution in [3.05, 3.63) is 59.9 Å². The van der Waals surface area contributed by atoms with Crippen LogP contribution in [-0.2, 0) is 20.9 Å². The lowest BCUT2D eigenvalue weighted by atomic mass is 9.98. The monoisotopic (exact) mass is 650 g/mol. The Morgan fingerprint density at radius 3 is 2.21 bits per heavy atom. The summed E-state index contributed by atoms with van der Waals surface area (Å²) in [6.07, 6.45) is 7.55. The number of carbonyl (C=O) groups excluding carboxylic acids is 4. The second kappa shape index (κ2) is 16.6. The Morgan fingerprint density at radius 1 is 0.915 bits per heavy atom. The molecule has 4 aliphatic rings. The number of methoxy groups -OCH3 is 1. The molecular weight excluding hydrogens is 603 g/mol. The molecule has 0 spiro atoms. The highest BCUT2D eigenvalue weighted by molar-refractivity contribution is 5.92. The van der Waals surface area contributed by atoms with Crippen LogP contribution in [0.25, 0.3) is 0 Å². The predicted molar refractivity (Wildman–Crippen MR) is 176 cm³/mol. The van der Waals surface area contributed by atoms with Gasteiger partial charge in [0, 0.05) is 50.5 Å². The average molecular weight is 651 g/mol. The van der Waals surface area contributed by atoms with Gasteiger partial charge in [-0.05, 0) is 87.5 Å². The van der Waals surface area contributed by atoms with Gasteiger partial charge in [0.25, 0.3) is 0 Å². The van der Waals surface area contributed by atoms with Gasteiger partial charge in [0.2, 0.25) is 18.2 Å². The smallest absolute Gasteiger partial charge is 0.322 e. The molecule has 254 valence electrons. The van der Waals surface area contributed by atoms with Crippen molar-refractivity contribution in [3.8, 4) is 5.75 Å². The zero-order valence-corrected chi connectivity index (χ0v) is 27.2. The zero-order chi connectivity index (χ0) is 33.2.